The predicted molar refractivity (Wildman–Crippen MR) is 105 cm³/mol. The van der Waals surface area contributed by atoms with E-state index in [9.17, 15) is 9.59 Å². The Morgan fingerprint density at radius 1 is 1.10 bits per heavy atom. The summed E-state index contributed by atoms with van der Waals surface area (Å²) in [4.78, 5) is 23.7. The summed E-state index contributed by atoms with van der Waals surface area (Å²) in [6.45, 7) is -0.0133. The molecule has 3 aromatic rings. The molecule has 0 aliphatic rings. The largest absolute Gasteiger partial charge is 0.493 e. The van der Waals surface area contributed by atoms with Gasteiger partial charge in [0.2, 0.25) is 0 Å². The monoisotopic (exact) mass is 395 g/mol. The zero-order chi connectivity index (χ0) is 20.6. The zero-order valence-electron chi connectivity index (χ0n) is 16.1. The number of hydrogen-bond donors (Lipinski definition) is 1. The maximum atomic E-state index is 12.4. The van der Waals surface area contributed by atoms with Crippen LogP contribution in [0.5, 0.6) is 11.5 Å². The van der Waals surface area contributed by atoms with E-state index in [1.165, 1.54) is 20.2 Å². The quantitative estimate of drug-likeness (QED) is 0.589. The molecule has 1 N–H and O–H groups in total. The van der Waals surface area contributed by atoms with Crippen LogP contribution >= 0.6 is 0 Å². The predicted octanol–water partition coefficient (Wildman–Crippen LogP) is 2.36. The molecular formula is C21H21N3O5. The number of hydrogen-bond acceptors (Lipinski definition) is 6. The van der Waals surface area contributed by atoms with Crippen LogP contribution in [0.1, 0.15) is 15.9 Å². The summed E-state index contributed by atoms with van der Waals surface area (Å²) in [5.41, 5.74) is 2.09. The van der Waals surface area contributed by atoms with Crippen molar-refractivity contribution in [2.75, 3.05) is 20.8 Å². The lowest BCUT2D eigenvalue weighted by molar-refractivity contribution is -0.122. The molecule has 1 amide bonds. The number of methoxy groups -OCH3 is 1. The van der Waals surface area contributed by atoms with Crippen molar-refractivity contribution in [1.82, 2.24) is 15.1 Å². The van der Waals surface area contributed by atoms with Crippen LogP contribution in [0, 0.1) is 0 Å². The summed E-state index contributed by atoms with van der Waals surface area (Å²) in [5, 5.41) is 6.63. The Morgan fingerprint density at radius 2 is 1.90 bits per heavy atom. The van der Waals surface area contributed by atoms with Crippen LogP contribution in [0.25, 0.3) is 5.69 Å². The number of nitrogens with one attached hydrogen (secondary N) is 1. The van der Waals surface area contributed by atoms with E-state index in [1.54, 1.807) is 23.0 Å². The summed E-state index contributed by atoms with van der Waals surface area (Å²) in [7, 11) is 2.98. The summed E-state index contributed by atoms with van der Waals surface area (Å²) in [6.07, 6.45) is 3.56. The number of aromatic nitrogens is 2. The highest BCUT2D eigenvalue weighted by atomic mass is 16.5. The van der Waals surface area contributed by atoms with Gasteiger partial charge in [-0.3, -0.25) is 4.79 Å². The van der Waals surface area contributed by atoms with Crippen molar-refractivity contribution in [2.24, 2.45) is 0 Å². The average Bonchev–Trinajstić information content (AvgIpc) is 3.31. The molecule has 0 aliphatic heterocycles. The van der Waals surface area contributed by atoms with Crippen molar-refractivity contribution in [3.63, 3.8) is 0 Å². The number of rotatable bonds is 8. The van der Waals surface area contributed by atoms with Crippen LogP contribution in [0.2, 0.25) is 0 Å². The van der Waals surface area contributed by atoms with Gasteiger partial charge in [-0.1, -0.05) is 12.1 Å². The van der Waals surface area contributed by atoms with Gasteiger partial charge in [0.05, 0.1) is 18.4 Å². The molecule has 1 heterocycles. The van der Waals surface area contributed by atoms with E-state index < -0.39 is 5.97 Å². The van der Waals surface area contributed by atoms with E-state index in [1.807, 2.05) is 36.5 Å². The molecule has 0 saturated carbocycles. The van der Waals surface area contributed by atoms with Crippen molar-refractivity contribution in [1.29, 1.82) is 0 Å². The SMILES string of the molecule is CNC(=O)COc1ccc(C(=O)OCc2ccc(-n3cccn3)cc2)cc1OC. The van der Waals surface area contributed by atoms with E-state index in [0.29, 0.717) is 17.1 Å². The number of esters is 1. The zero-order valence-corrected chi connectivity index (χ0v) is 16.1. The number of benzene rings is 2. The van der Waals surface area contributed by atoms with Crippen molar-refractivity contribution in [2.45, 2.75) is 6.61 Å². The molecule has 0 radical (unpaired) electrons. The maximum Gasteiger partial charge on any atom is 0.338 e. The van der Waals surface area contributed by atoms with Gasteiger partial charge in [-0.05, 0) is 42.0 Å². The molecule has 0 spiro atoms. The first-order chi connectivity index (χ1) is 14.1. The molecule has 150 valence electrons. The van der Waals surface area contributed by atoms with Crippen molar-refractivity contribution in [3.05, 3.63) is 72.1 Å². The summed E-state index contributed by atoms with van der Waals surface area (Å²) in [6, 6.07) is 14.0. The molecule has 8 nitrogen and oxygen atoms in total. The summed E-state index contributed by atoms with van der Waals surface area (Å²) < 4.78 is 17.8. The molecular weight excluding hydrogens is 374 g/mol. The molecule has 3 rings (SSSR count). The molecule has 29 heavy (non-hydrogen) atoms. The van der Waals surface area contributed by atoms with Gasteiger partial charge < -0.3 is 19.5 Å². The van der Waals surface area contributed by atoms with Crippen LogP contribution in [0.3, 0.4) is 0 Å². The first kappa shape index (κ1) is 19.9. The van der Waals surface area contributed by atoms with Crippen molar-refractivity contribution >= 4 is 11.9 Å². The molecule has 0 atom stereocenters. The van der Waals surface area contributed by atoms with Crippen LogP contribution in [-0.4, -0.2) is 42.4 Å². The van der Waals surface area contributed by atoms with Crippen molar-refractivity contribution < 1.29 is 23.8 Å². The van der Waals surface area contributed by atoms with Crippen LogP contribution < -0.4 is 14.8 Å². The van der Waals surface area contributed by atoms with Crippen LogP contribution in [-0.2, 0) is 16.1 Å². The fourth-order valence-electron chi connectivity index (χ4n) is 2.53. The lowest BCUT2D eigenvalue weighted by Gasteiger charge is -2.12. The second-order valence-electron chi connectivity index (χ2n) is 6.02. The van der Waals surface area contributed by atoms with Gasteiger partial charge in [0.15, 0.2) is 18.1 Å². The molecule has 0 bridgehead atoms. The molecule has 2 aromatic carbocycles. The summed E-state index contributed by atoms with van der Waals surface area (Å²) in [5.74, 6) is -0.0554. The molecule has 0 saturated heterocycles. The van der Waals surface area contributed by atoms with Crippen molar-refractivity contribution in [3.8, 4) is 17.2 Å². The van der Waals surface area contributed by atoms with Gasteiger partial charge in [-0.25, -0.2) is 9.48 Å². The second kappa shape index (κ2) is 9.41. The fourth-order valence-corrected chi connectivity index (χ4v) is 2.53. The number of carbonyl (C=O) groups excluding carboxylic acids is 2. The topological polar surface area (TPSA) is 91.7 Å². The summed E-state index contributed by atoms with van der Waals surface area (Å²) >= 11 is 0. The Labute approximate surface area is 168 Å². The van der Waals surface area contributed by atoms with E-state index in [-0.39, 0.29) is 19.1 Å². The van der Waals surface area contributed by atoms with E-state index in [2.05, 4.69) is 10.4 Å². The lowest BCUT2D eigenvalue weighted by Crippen LogP contribution is -2.24. The third kappa shape index (κ3) is 5.13. The first-order valence-electron chi connectivity index (χ1n) is 8.88. The van der Waals surface area contributed by atoms with E-state index in [0.717, 1.165) is 11.3 Å². The average molecular weight is 395 g/mol. The third-order valence-electron chi connectivity index (χ3n) is 4.11. The number of ether oxygens (including phenoxy) is 3. The molecule has 0 aliphatic carbocycles. The van der Waals surface area contributed by atoms with E-state index in [4.69, 9.17) is 14.2 Å². The minimum absolute atomic E-state index is 0.134. The Kier molecular flexibility index (Phi) is 6.47. The van der Waals surface area contributed by atoms with Gasteiger partial charge in [-0.2, -0.15) is 5.10 Å². The Hall–Kier alpha value is -3.81. The molecule has 0 fully saturated rings. The van der Waals surface area contributed by atoms with Gasteiger partial charge in [0.1, 0.15) is 6.61 Å². The minimum atomic E-state index is -0.489. The Morgan fingerprint density at radius 3 is 2.55 bits per heavy atom. The van der Waals surface area contributed by atoms with Gasteiger partial charge in [0, 0.05) is 19.4 Å². The first-order valence-corrected chi connectivity index (χ1v) is 8.88. The highest BCUT2D eigenvalue weighted by Crippen LogP contribution is 2.28. The maximum absolute atomic E-state index is 12.4. The van der Waals surface area contributed by atoms with Crippen LogP contribution in [0.15, 0.2) is 60.9 Å². The Bertz CT molecular complexity index is 968. The standard InChI is InChI=1S/C21H21N3O5/c1-22-20(25)14-28-18-9-6-16(12-19(18)27-2)21(26)29-13-15-4-7-17(8-5-15)24-11-3-10-23-24/h3-12H,13-14H2,1-2H3,(H,22,25). The van der Waals surface area contributed by atoms with Gasteiger partial charge in [0.25, 0.3) is 5.91 Å². The van der Waals surface area contributed by atoms with Gasteiger partial charge in [-0.15, -0.1) is 0 Å². The highest BCUT2D eigenvalue weighted by molar-refractivity contribution is 5.90. The smallest absolute Gasteiger partial charge is 0.338 e. The molecule has 1 aromatic heterocycles. The minimum Gasteiger partial charge on any atom is -0.493 e. The lowest BCUT2D eigenvalue weighted by atomic mass is 10.2. The number of carbonyl (C=O) groups is 2. The third-order valence-corrected chi connectivity index (χ3v) is 4.11. The molecule has 0 unspecified atom stereocenters. The normalized spacial score (nSPS) is 10.3. The highest BCUT2D eigenvalue weighted by Gasteiger charge is 2.13. The van der Waals surface area contributed by atoms with Gasteiger partial charge >= 0.3 is 5.97 Å². The van der Waals surface area contributed by atoms with E-state index >= 15 is 0 Å². The number of likely N-dealkylation sites (N-methyl/N-ethyl adjacent to an activating group) is 1. The number of nitrogens with zero attached hydrogens (tertiary/aromatic N) is 2. The fraction of sp³-hybridized carbons (Fsp3) is 0.190. The second-order valence-corrected chi connectivity index (χ2v) is 6.02. The molecule has 8 heteroatoms. The number of amides is 1. The Balaban J connectivity index is 1.60. The van der Waals surface area contributed by atoms with Crippen LogP contribution in [0.4, 0.5) is 0 Å².